The number of benzene rings is 1. The molecule has 0 saturated heterocycles. The van der Waals surface area contributed by atoms with E-state index in [9.17, 15) is 20.6 Å². The van der Waals surface area contributed by atoms with Crippen molar-refractivity contribution in [1.82, 2.24) is 4.90 Å². The van der Waals surface area contributed by atoms with Crippen LogP contribution in [-0.2, 0) is 11.2 Å². The average Bonchev–Trinajstić information content (AvgIpc) is 2.75. The first kappa shape index (κ1) is 20.0. The Hall–Kier alpha value is -3.76. The maximum Gasteiger partial charge on any atom is 0.410 e. The number of fused-ring (bicyclic) bond motifs is 1. The van der Waals surface area contributed by atoms with E-state index in [1.807, 2.05) is 30.3 Å². The van der Waals surface area contributed by atoms with E-state index in [1.165, 1.54) is 4.90 Å². The molecule has 0 fully saturated rings. The number of carbonyl (C=O) groups is 1. The lowest BCUT2D eigenvalue weighted by atomic mass is 9.58. The average molecular weight is 387 g/mol. The lowest BCUT2D eigenvalue weighted by molar-refractivity contribution is 0.0939. The molecule has 0 radical (unpaired) electrons. The van der Waals surface area contributed by atoms with Crippen LogP contribution in [0, 0.1) is 51.2 Å². The Morgan fingerprint density at radius 3 is 2.55 bits per heavy atom. The number of hydrogen-bond acceptors (Lipinski definition) is 6. The van der Waals surface area contributed by atoms with E-state index in [2.05, 4.69) is 18.2 Å². The van der Waals surface area contributed by atoms with Crippen LogP contribution in [0.15, 0.2) is 53.3 Å². The lowest BCUT2D eigenvalue weighted by Gasteiger charge is -2.45. The van der Waals surface area contributed by atoms with Crippen LogP contribution in [0.4, 0.5) is 4.79 Å². The fourth-order valence-corrected chi connectivity index (χ4v) is 4.22. The summed E-state index contributed by atoms with van der Waals surface area (Å²) >= 11 is 0. The van der Waals surface area contributed by atoms with Gasteiger partial charge in [-0.2, -0.15) is 15.8 Å². The molecule has 1 aromatic rings. The number of nitriles is 3. The fourth-order valence-electron chi connectivity index (χ4n) is 4.22. The number of carbonyl (C=O) groups excluding carboxylic acids is 1. The minimum atomic E-state index is -1.65. The second kappa shape index (κ2) is 8.09. The van der Waals surface area contributed by atoms with Crippen molar-refractivity contribution in [2.24, 2.45) is 23.0 Å². The first-order chi connectivity index (χ1) is 14.0. The van der Waals surface area contributed by atoms with E-state index in [-0.39, 0.29) is 36.9 Å². The van der Waals surface area contributed by atoms with E-state index in [4.69, 9.17) is 10.5 Å². The Morgan fingerprint density at radius 2 is 1.97 bits per heavy atom. The number of allylic oxidation sites excluding steroid dienone is 2. The van der Waals surface area contributed by atoms with Crippen molar-refractivity contribution in [2.75, 3.05) is 19.7 Å². The van der Waals surface area contributed by atoms with Gasteiger partial charge in [0.25, 0.3) is 0 Å². The van der Waals surface area contributed by atoms with Gasteiger partial charge in [0, 0.05) is 24.9 Å². The van der Waals surface area contributed by atoms with Crippen molar-refractivity contribution in [2.45, 2.75) is 13.3 Å². The zero-order valence-corrected chi connectivity index (χ0v) is 16.1. The number of nitrogens with zero attached hydrogens (tertiary/aromatic N) is 4. The Balaban J connectivity index is 2.13. The van der Waals surface area contributed by atoms with Crippen molar-refractivity contribution in [3.05, 3.63) is 58.8 Å². The highest BCUT2D eigenvalue weighted by Crippen LogP contribution is 2.50. The van der Waals surface area contributed by atoms with Crippen molar-refractivity contribution in [3.8, 4) is 18.2 Å². The van der Waals surface area contributed by atoms with E-state index in [1.54, 1.807) is 13.0 Å². The molecular weight excluding hydrogens is 366 g/mol. The van der Waals surface area contributed by atoms with Crippen molar-refractivity contribution in [3.63, 3.8) is 0 Å². The highest BCUT2D eigenvalue weighted by molar-refractivity contribution is 5.69. The van der Waals surface area contributed by atoms with Gasteiger partial charge < -0.3 is 15.4 Å². The largest absolute Gasteiger partial charge is 0.450 e. The summed E-state index contributed by atoms with van der Waals surface area (Å²) < 4.78 is 5.12. The van der Waals surface area contributed by atoms with E-state index in [0.717, 1.165) is 5.56 Å². The van der Waals surface area contributed by atoms with Gasteiger partial charge in [0.1, 0.15) is 6.07 Å². The molecule has 7 nitrogen and oxygen atoms in total. The number of amides is 1. The lowest BCUT2D eigenvalue weighted by Crippen LogP contribution is -2.51. The molecule has 2 aliphatic rings. The molecular formula is C22H21N5O2. The van der Waals surface area contributed by atoms with Crippen LogP contribution in [0.2, 0.25) is 0 Å². The number of nitrogens with two attached hydrogens (primary N) is 1. The Labute approximate surface area is 169 Å². The number of hydrogen-bond donors (Lipinski definition) is 1. The topological polar surface area (TPSA) is 127 Å². The molecule has 2 atom stereocenters. The van der Waals surface area contributed by atoms with Gasteiger partial charge in [0.2, 0.25) is 0 Å². The van der Waals surface area contributed by atoms with E-state index >= 15 is 0 Å². The quantitative estimate of drug-likeness (QED) is 0.849. The van der Waals surface area contributed by atoms with Gasteiger partial charge in [-0.15, -0.1) is 0 Å². The maximum atomic E-state index is 12.3. The molecule has 146 valence electrons. The van der Waals surface area contributed by atoms with Crippen LogP contribution in [-0.4, -0.2) is 30.7 Å². The predicted octanol–water partition coefficient (Wildman–Crippen LogP) is 2.64. The minimum Gasteiger partial charge on any atom is -0.450 e. The van der Waals surface area contributed by atoms with Gasteiger partial charge in [-0.1, -0.05) is 36.4 Å². The summed E-state index contributed by atoms with van der Waals surface area (Å²) in [6, 6.07) is 15.8. The standard InChI is InChI=1S/C22H21N5O2/c1-2-29-21(28)27-9-8-16-17(11-23)20(26)22(13-24,14-25)19(18(16)12-27)10-15-6-4-3-5-7-15/h3-8,18-19H,2,9-10,12,26H2,1H3/t18-,19+/m1/s1. The van der Waals surface area contributed by atoms with Crippen LogP contribution in [0.1, 0.15) is 12.5 Å². The summed E-state index contributed by atoms with van der Waals surface area (Å²) in [6.07, 6.45) is 1.74. The molecule has 0 spiro atoms. The Morgan fingerprint density at radius 1 is 1.28 bits per heavy atom. The molecule has 1 heterocycles. The zero-order valence-electron chi connectivity index (χ0n) is 16.1. The molecule has 0 saturated carbocycles. The van der Waals surface area contributed by atoms with Crippen LogP contribution in [0.3, 0.4) is 0 Å². The van der Waals surface area contributed by atoms with E-state index in [0.29, 0.717) is 12.0 Å². The third kappa shape index (κ3) is 3.30. The number of ether oxygens (including phenoxy) is 1. The molecule has 1 amide bonds. The number of rotatable bonds is 3. The second-order valence-corrected chi connectivity index (χ2v) is 7.10. The molecule has 7 heteroatoms. The smallest absolute Gasteiger partial charge is 0.410 e. The Kier molecular flexibility index (Phi) is 5.57. The van der Waals surface area contributed by atoms with Crippen molar-refractivity contribution < 1.29 is 9.53 Å². The van der Waals surface area contributed by atoms with Gasteiger partial charge in [-0.05, 0) is 24.5 Å². The summed E-state index contributed by atoms with van der Waals surface area (Å²) in [4.78, 5) is 13.8. The summed E-state index contributed by atoms with van der Waals surface area (Å²) in [5.74, 6) is -0.893. The predicted molar refractivity (Wildman–Crippen MR) is 104 cm³/mol. The molecule has 0 aromatic heterocycles. The molecule has 2 N–H and O–H groups in total. The third-order valence-electron chi connectivity index (χ3n) is 5.66. The van der Waals surface area contributed by atoms with Gasteiger partial charge >= 0.3 is 6.09 Å². The Bertz CT molecular complexity index is 977. The van der Waals surface area contributed by atoms with Crippen LogP contribution < -0.4 is 5.73 Å². The summed E-state index contributed by atoms with van der Waals surface area (Å²) in [5.41, 5.74) is 6.42. The molecule has 0 bridgehead atoms. The minimum absolute atomic E-state index is 0.00184. The van der Waals surface area contributed by atoms with Gasteiger partial charge in [-0.3, -0.25) is 0 Å². The van der Waals surface area contributed by atoms with Crippen molar-refractivity contribution in [1.29, 1.82) is 15.8 Å². The zero-order chi connectivity index (χ0) is 21.0. The molecule has 0 unspecified atom stereocenters. The van der Waals surface area contributed by atoms with Crippen LogP contribution in [0.25, 0.3) is 0 Å². The van der Waals surface area contributed by atoms with E-state index < -0.39 is 17.4 Å². The van der Waals surface area contributed by atoms with Crippen LogP contribution >= 0.6 is 0 Å². The van der Waals surface area contributed by atoms with Gasteiger partial charge in [-0.25, -0.2) is 4.79 Å². The second-order valence-electron chi connectivity index (χ2n) is 7.10. The first-order valence-corrected chi connectivity index (χ1v) is 9.41. The normalized spacial score (nSPS) is 22.4. The summed E-state index contributed by atoms with van der Waals surface area (Å²) in [6.45, 7) is 2.52. The molecule has 29 heavy (non-hydrogen) atoms. The van der Waals surface area contributed by atoms with Gasteiger partial charge in [0.05, 0.1) is 30.0 Å². The third-order valence-corrected chi connectivity index (χ3v) is 5.66. The molecule has 1 aliphatic heterocycles. The SMILES string of the molecule is CCOC(=O)N1CC=C2C(C#N)=C(N)C(C#N)(C#N)[C@@H](Cc3ccccc3)[C@@H]2C1. The summed E-state index contributed by atoms with van der Waals surface area (Å²) in [7, 11) is 0. The fraction of sp³-hybridized carbons (Fsp3) is 0.364. The highest BCUT2D eigenvalue weighted by Gasteiger charge is 2.54. The first-order valence-electron chi connectivity index (χ1n) is 9.41. The summed E-state index contributed by atoms with van der Waals surface area (Å²) in [5, 5.41) is 29.7. The van der Waals surface area contributed by atoms with Crippen LogP contribution in [0.5, 0.6) is 0 Å². The van der Waals surface area contributed by atoms with Crippen molar-refractivity contribution >= 4 is 6.09 Å². The monoisotopic (exact) mass is 387 g/mol. The maximum absolute atomic E-state index is 12.3. The molecule has 1 aliphatic carbocycles. The molecule has 3 rings (SSSR count). The van der Waals surface area contributed by atoms with Gasteiger partial charge in [0.15, 0.2) is 5.41 Å². The highest BCUT2D eigenvalue weighted by atomic mass is 16.6. The molecule has 1 aromatic carbocycles.